The number of hydrogen-bond donors (Lipinski definition) is 8. The highest BCUT2D eigenvalue weighted by Crippen LogP contribution is 2.09. The first-order valence-corrected chi connectivity index (χ1v) is 12.8. The van der Waals surface area contributed by atoms with Crippen molar-refractivity contribution in [2.45, 2.75) is 76.7 Å². The lowest BCUT2D eigenvalue weighted by atomic mass is 10.0. The van der Waals surface area contributed by atoms with Crippen molar-refractivity contribution in [2.24, 2.45) is 28.1 Å². The predicted octanol–water partition coefficient (Wildman–Crippen LogP) is -1.91. The molecule has 0 fully saturated rings. The highest BCUT2D eigenvalue weighted by Gasteiger charge is 2.31. The fourth-order valence-electron chi connectivity index (χ4n) is 3.00. The Balaban J connectivity index is 5.60. The number of aliphatic carboxylic acids is 1. The molecule has 5 atom stereocenters. The van der Waals surface area contributed by atoms with E-state index in [0.717, 1.165) is 0 Å². The van der Waals surface area contributed by atoms with Gasteiger partial charge in [0.1, 0.15) is 24.2 Å². The molecule has 0 aromatic carbocycles. The van der Waals surface area contributed by atoms with Crippen LogP contribution in [0.25, 0.3) is 0 Å². The lowest BCUT2D eigenvalue weighted by Gasteiger charge is -2.26. The number of aliphatic imine (C=N–C) groups is 1. The average Bonchev–Trinajstić information content (AvgIpc) is 2.76. The monoisotopic (exact) mass is 519 g/mol. The van der Waals surface area contributed by atoms with Crippen LogP contribution in [0.4, 0.5) is 0 Å². The predicted molar refractivity (Wildman–Crippen MR) is 135 cm³/mol. The van der Waals surface area contributed by atoms with E-state index in [4.69, 9.17) is 17.2 Å². The lowest BCUT2D eigenvalue weighted by molar-refractivity contribution is -0.142. The maximum Gasteiger partial charge on any atom is 0.326 e. The summed E-state index contributed by atoms with van der Waals surface area (Å²) in [4.78, 5) is 53.7. The highest BCUT2D eigenvalue weighted by molar-refractivity contribution is 7.98. The Morgan fingerprint density at radius 2 is 1.46 bits per heavy atom. The van der Waals surface area contributed by atoms with Crippen LogP contribution in [0.15, 0.2) is 4.99 Å². The minimum absolute atomic E-state index is 0.00547. The number of hydrogen-bond acceptors (Lipinski definition) is 8. The van der Waals surface area contributed by atoms with E-state index >= 15 is 0 Å². The zero-order valence-corrected chi connectivity index (χ0v) is 21.6. The van der Waals surface area contributed by atoms with Crippen LogP contribution in [0.1, 0.15) is 46.5 Å². The van der Waals surface area contributed by atoms with Gasteiger partial charge in [-0.15, -0.1) is 0 Å². The van der Waals surface area contributed by atoms with Gasteiger partial charge in [0.2, 0.25) is 17.7 Å². The minimum Gasteiger partial charge on any atom is -0.480 e. The lowest BCUT2D eigenvalue weighted by Crippen LogP contribution is -2.58. The Kier molecular flexibility index (Phi) is 15.7. The van der Waals surface area contributed by atoms with Crippen LogP contribution in [-0.4, -0.2) is 88.7 Å². The second-order valence-corrected chi connectivity index (χ2v) is 9.63. The molecule has 13 nitrogen and oxygen atoms in total. The molecule has 0 rings (SSSR count). The molecule has 11 N–H and O–H groups in total. The molecule has 0 heterocycles. The molecule has 0 aliphatic heterocycles. The number of aliphatic hydroxyl groups is 1. The van der Waals surface area contributed by atoms with Gasteiger partial charge in [-0.05, 0) is 50.5 Å². The Hall–Kier alpha value is -2.58. The molecular formula is C21H41N7O6S. The van der Waals surface area contributed by atoms with E-state index in [1.165, 1.54) is 18.7 Å². The highest BCUT2D eigenvalue weighted by atomic mass is 32.2. The topological polar surface area (TPSA) is 235 Å². The average molecular weight is 520 g/mol. The van der Waals surface area contributed by atoms with Crippen molar-refractivity contribution in [2.75, 3.05) is 18.6 Å². The van der Waals surface area contributed by atoms with E-state index in [-0.39, 0.29) is 37.7 Å². The van der Waals surface area contributed by atoms with Crippen LogP contribution in [0, 0.1) is 5.92 Å². The van der Waals surface area contributed by atoms with Crippen LogP contribution < -0.4 is 33.2 Å². The standard InChI is InChI=1S/C21H41N7O6S/c1-11(2)10-15(28-19(32)16(22)12(3)29)18(31)26-13(6-5-8-25-21(23)24)17(30)27-14(20(33)34)7-9-35-4/h11-16,29H,5-10,22H2,1-4H3,(H,26,31)(H,27,30)(H,28,32)(H,33,34)(H4,23,24,25). The number of carboxylic acid groups (broad SMARTS) is 1. The number of carboxylic acids is 1. The summed E-state index contributed by atoms with van der Waals surface area (Å²) in [5, 5.41) is 26.6. The van der Waals surface area contributed by atoms with E-state index in [1.54, 1.807) is 0 Å². The van der Waals surface area contributed by atoms with Crippen molar-refractivity contribution in [3.8, 4) is 0 Å². The van der Waals surface area contributed by atoms with E-state index in [2.05, 4.69) is 20.9 Å². The molecule has 0 aromatic rings. The van der Waals surface area contributed by atoms with Gasteiger partial charge < -0.3 is 43.4 Å². The smallest absolute Gasteiger partial charge is 0.326 e. The first-order valence-electron chi connectivity index (χ1n) is 11.4. The second-order valence-electron chi connectivity index (χ2n) is 8.65. The van der Waals surface area contributed by atoms with Crippen LogP contribution in [-0.2, 0) is 19.2 Å². The van der Waals surface area contributed by atoms with E-state index in [0.29, 0.717) is 12.2 Å². The molecule has 0 aromatic heterocycles. The number of amides is 3. The third kappa shape index (κ3) is 13.8. The van der Waals surface area contributed by atoms with Gasteiger partial charge in [0, 0.05) is 6.54 Å². The number of nitrogens with two attached hydrogens (primary N) is 3. The zero-order chi connectivity index (χ0) is 27.1. The molecule has 5 unspecified atom stereocenters. The SMILES string of the molecule is CSCCC(NC(=O)C(CCCN=C(N)N)NC(=O)C(CC(C)C)NC(=O)C(N)C(C)O)C(=O)O. The van der Waals surface area contributed by atoms with Gasteiger partial charge in [-0.25, -0.2) is 4.79 Å². The van der Waals surface area contributed by atoms with Gasteiger partial charge >= 0.3 is 5.97 Å². The molecule has 0 aliphatic carbocycles. The van der Waals surface area contributed by atoms with Gasteiger partial charge in [-0.1, -0.05) is 13.8 Å². The molecule has 0 radical (unpaired) electrons. The fraction of sp³-hybridized carbons (Fsp3) is 0.762. The normalized spacial score (nSPS) is 15.3. The summed E-state index contributed by atoms with van der Waals surface area (Å²) in [5.41, 5.74) is 16.3. The molecular weight excluding hydrogens is 478 g/mol. The molecule has 0 bridgehead atoms. The molecule has 0 saturated heterocycles. The number of thioether (sulfide) groups is 1. The molecule has 0 spiro atoms. The summed E-state index contributed by atoms with van der Waals surface area (Å²) in [7, 11) is 0. The van der Waals surface area contributed by atoms with Crippen molar-refractivity contribution in [3.05, 3.63) is 0 Å². The number of carbonyl (C=O) groups is 4. The molecule has 0 aliphatic rings. The quantitative estimate of drug-likeness (QED) is 0.0602. The fourth-order valence-corrected chi connectivity index (χ4v) is 3.47. The van der Waals surface area contributed by atoms with Gasteiger partial charge in [0.25, 0.3) is 0 Å². The molecule has 202 valence electrons. The van der Waals surface area contributed by atoms with Gasteiger partial charge in [0.05, 0.1) is 6.10 Å². The zero-order valence-electron chi connectivity index (χ0n) is 20.8. The number of guanidine groups is 1. The van der Waals surface area contributed by atoms with Crippen LogP contribution in [0.3, 0.4) is 0 Å². The number of nitrogens with one attached hydrogen (secondary N) is 3. The van der Waals surface area contributed by atoms with Crippen molar-refractivity contribution < 1.29 is 29.4 Å². The molecule has 3 amide bonds. The summed E-state index contributed by atoms with van der Waals surface area (Å²) < 4.78 is 0. The first-order chi connectivity index (χ1) is 16.3. The van der Waals surface area contributed by atoms with Crippen LogP contribution >= 0.6 is 11.8 Å². The Bertz CT molecular complexity index is 731. The number of carbonyl (C=O) groups excluding carboxylic acids is 3. The summed E-state index contributed by atoms with van der Waals surface area (Å²) in [6, 6.07) is -4.47. The maximum atomic E-state index is 13.1. The van der Waals surface area contributed by atoms with Crippen LogP contribution in [0.5, 0.6) is 0 Å². The van der Waals surface area contributed by atoms with Gasteiger partial charge in [0.15, 0.2) is 5.96 Å². The van der Waals surface area contributed by atoms with Crippen LogP contribution in [0.2, 0.25) is 0 Å². The van der Waals surface area contributed by atoms with Crippen molar-refractivity contribution >= 4 is 41.4 Å². The number of nitrogens with zero attached hydrogens (tertiary/aromatic N) is 1. The van der Waals surface area contributed by atoms with E-state index in [1.807, 2.05) is 20.1 Å². The van der Waals surface area contributed by atoms with Gasteiger partial charge in [-0.3, -0.25) is 19.4 Å². The third-order valence-corrected chi connectivity index (χ3v) is 5.61. The summed E-state index contributed by atoms with van der Waals surface area (Å²) in [5.74, 6) is -2.80. The second kappa shape index (κ2) is 16.9. The molecule has 35 heavy (non-hydrogen) atoms. The summed E-state index contributed by atoms with van der Waals surface area (Å²) in [6.45, 7) is 5.26. The summed E-state index contributed by atoms with van der Waals surface area (Å²) in [6.07, 6.45) is 1.60. The maximum absolute atomic E-state index is 13.1. The van der Waals surface area contributed by atoms with E-state index in [9.17, 15) is 29.4 Å². The van der Waals surface area contributed by atoms with Gasteiger partial charge in [-0.2, -0.15) is 11.8 Å². The third-order valence-electron chi connectivity index (χ3n) is 4.97. The Labute approximate surface area is 210 Å². The minimum atomic E-state index is -1.23. The Morgan fingerprint density at radius 3 is 1.94 bits per heavy atom. The largest absolute Gasteiger partial charge is 0.480 e. The summed E-state index contributed by atoms with van der Waals surface area (Å²) >= 11 is 1.44. The number of rotatable bonds is 17. The molecule has 14 heteroatoms. The van der Waals surface area contributed by atoms with Crippen molar-refractivity contribution in [1.29, 1.82) is 0 Å². The molecule has 0 saturated carbocycles. The number of aliphatic hydroxyl groups excluding tert-OH is 1. The van der Waals surface area contributed by atoms with Crippen molar-refractivity contribution in [1.82, 2.24) is 16.0 Å². The first kappa shape index (κ1) is 32.4. The van der Waals surface area contributed by atoms with E-state index < -0.39 is 54.0 Å². The Morgan fingerprint density at radius 1 is 0.914 bits per heavy atom. The van der Waals surface area contributed by atoms with Crippen molar-refractivity contribution in [3.63, 3.8) is 0 Å².